The van der Waals surface area contributed by atoms with E-state index in [4.69, 9.17) is 0 Å². The van der Waals surface area contributed by atoms with Gasteiger partial charge in [0.05, 0.1) is 5.84 Å². The summed E-state index contributed by atoms with van der Waals surface area (Å²) in [5, 5.41) is 3.49. The van der Waals surface area contributed by atoms with Crippen molar-refractivity contribution in [1.29, 1.82) is 0 Å². The minimum Gasteiger partial charge on any atom is -0.371 e. The molecule has 0 saturated carbocycles. The van der Waals surface area contributed by atoms with E-state index in [0.717, 1.165) is 13.0 Å². The maximum absolute atomic E-state index is 4.41. The summed E-state index contributed by atoms with van der Waals surface area (Å²) in [7, 11) is 0. The van der Waals surface area contributed by atoms with Gasteiger partial charge in [-0.1, -0.05) is 26.2 Å². The standard InChI is InChI=1S/C11H22N2/c1-3-4-5-7-10(2)13-11-8-6-9-12-11/h10H,3-9H2,1-2H3,(H,12,13). The Labute approximate surface area is 81.8 Å². The number of amidine groups is 1. The van der Waals surface area contributed by atoms with E-state index in [-0.39, 0.29) is 0 Å². The van der Waals surface area contributed by atoms with Crippen LogP contribution in [0.15, 0.2) is 4.99 Å². The second-order valence-corrected chi connectivity index (χ2v) is 3.97. The van der Waals surface area contributed by atoms with Crippen LogP contribution in [0.25, 0.3) is 0 Å². The Balaban J connectivity index is 2.06. The maximum atomic E-state index is 4.41. The molecule has 1 atom stereocenters. The monoisotopic (exact) mass is 182 g/mol. The van der Waals surface area contributed by atoms with Crippen molar-refractivity contribution in [2.75, 3.05) is 6.54 Å². The van der Waals surface area contributed by atoms with Crippen LogP contribution >= 0.6 is 0 Å². The smallest absolute Gasteiger partial charge is 0.0965 e. The van der Waals surface area contributed by atoms with Crippen molar-refractivity contribution in [2.45, 2.75) is 58.4 Å². The number of nitrogens with zero attached hydrogens (tertiary/aromatic N) is 1. The summed E-state index contributed by atoms with van der Waals surface area (Å²) in [6, 6.07) is 0.614. The minimum atomic E-state index is 0.614. The molecule has 0 radical (unpaired) electrons. The van der Waals surface area contributed by atoms with Crippen LogP contribution in [0.3, 0.4) is 0 Å². The molecule has 76 valence electrons. The molecule has 2 nitrogen and oxygen atoms in total. The van der Waals surface area contributed by atoms with Crippen molar-refractivity contribution in [3.05, 3.63) is 0 Å². The predicted molar refractivity (Wildman–Crippen MR) is 58.3 cm³/mol. The fourth-order valence-corrected chi connectivity index (χ4v) is 1.71. The van der Waals surface area contributed by atoms with E-state index in [9.17, 15) is 0 Å². The van der Waals surface area contributed by atoms with Crippen molar-refractivity contribution in [1.82, 2.24) is 5.32 Å². The third-order valence-electron chi connectivity index (χ3n) is 2.53. The van der Waals surface area contributed by atoms with Crippen LogP contribution < -0.4 is 5.32 Å². The quantitative estimate of drug-likeness (QED) is 0.650. The Morgan fingerprint density at radius 2 is 2.31 bits per heavy atom. The number of aliphatic imine (C=N–C) groups is 1. The van der Waals surface area contributed by atoms with Crippen molar-refractivity contribution in [3.8, 4) is 0 Å². The lowest BCUT2D eigenvalue weighted by atomic mass is 10.1. The number of rotatable bonds is 5. The van der Waals surface area contributed by atoms with Gasteiger partial charge in [-0.2, -0.15) is 0 Å². The lowest BCUT2D eigenvalue weighted by Crippen LogP contribution is -2.31. The fraction of sp³-hybridized carbons (Fsp3) is 0.909. The normalized spacial score (nSPS) is 18.5. The molecule has 0 amide bonds. The zero-order valence-electron chi connectivity index (χ0n) is 8.97. The summed E-state index contributed by atoms with van der Waals surface area (Å²) < 4.78 is 0. The number of nitrogens with one attached hydrogen (secondary N) is 1. The average molecular weight is 182 g/mol. The van der Waals surface area contributed by atoms with Crippen LogP contribution in [0, 0.1) is 0 Å². The summed E-state index contributed by atoms with van der Waals surface area (Å²) in [5.41, 5.74) is 0. The molecule has 13 heavy (non-hydrogen) atoms. The van der Waals surface area contributed by atoms with Crippen molar-refractivity contribution >= 4 is 5.84 Å². The van der Waals surface area contributed by atoms with E-state index in [1.165, 1.54) is 37.9 Å². The SMILES string of the molecule is CCCCCC(C)NC1=NCCC1. The second kappa shape index (κ2) is 6.01. The van der Waals surface area contributed by atoms with E-state index < -0.39 is 0 Å². The molecular weight excluding hydrogens is 160 g/mol. The molecule has 0 aromatic carbocycles. The Bertz CT molecular complexity index is 163. The third kappa shape index (κ3) is 4.30. The first-order chi connectivity index (χ1) is 6.33. The third-order valence-corrected chi connectivity index (χ3v) is 2.53. The zero-order valence-corrected chi connectivity index (χ0v) is 8.97. The summed E-state index contributed by atoms with van der Waals surface area (Å²) in [4.78, 5) is 4.41. The number of unbranched alkanes of at least 4 members (excludes halogenated alkanes) is 2. The van der Waals surface area contributed by atoms with Crippen LogP contribution in [-0.2, 0) is 0 Å². The molecular formula is C11H22N2. The van der Waals surface area contributed by atoms with Crippen LogP contribution in [0.2, 0.25) is 0 Å². The fourth-order valence-electron chi connectivity index (χ4n) is 1.71. The van der Waals surface area contributed by atoms with Gasteiger partial charge in [0, 0.05) is 19.0 Å². The second-order valence-electron chi connectivity index (χ2n) is 3.97. The molecule has 1 aliphatic rings. The van der Waals surface area contributed by atoms with E-state index in [2.05, 4.69) is 24.2 Å². The Hall–Kier alpha value is -0.530. The van der Waals surface area contributed by atoms with Crippen molar-refractivity contribution in [3.63, 3.8) is 0 Å². The Morgan fingerprint density at radius 3 is 2.92 bits per heavy atom. The summed E-state index contributed by atoms with van der Waals surface area (Å²) in [6.07, 6.45) is 7.71. The molecule has 0 spiro atoms. The topological polar surface area (TPSA) is 24.4 Å². The first-order valence-corrected chi connectivity index (χ1v) is 5.62. The predicted octanol–water partition coefficient (Wildman–Crippen LogP) is 2.74. The van der Waals surface area contributed by atoms with E-state index in [1.54, 1.807) is 0 Å². The lowest BCUT2D eigenvalue weighted by Gasteiger charge is -2.14. The van der Waals surface area contributed by atoms with Gasteiger partial charge in [0.2, 0.25) is 0 Å². The lowest BCUT2D eigenvalue weighted by molar-refractivity contribution is 0.552. The summed E-state index contributed by atoms with van der Waals surface area (Å²) in [6.45, 7) is 5.54. The molecule has 0 fully saturated rings. The van der Waals surface area contributed by atoms with Gasteiger partial charge >= 0.3 is 0 Å². The molecule has 0 aromatic rings. The highest BCUT2D eigenvalue weighted by Gasteiger charge is 2.08. The van der Waals surface area contributed by atoms with Gasteiger partial charge in [-0.3, -0.25) is 4.99 Å². The molecule has 0 saturated heterocycles. The first-order valence-electron chi connectivity index (χ1n) is 5.62. The van der Waals surface area contributed by atoms with Gasteiger partial charge in [-0.05, 0) is 19.8 Å². The number of hydrogen-bond acceptors (Lipinski definition) is 2. The number of hydrogen-bond donors (Lipinski definition) is 1. The molecule has 0 bridgehead atoms. The van der Waals surface area contributed by atoms with Crippen LogP contribution in [0.1, 0.15) is 52.4 Å². The largest absolute Gasteiger partial charge is 0.371 e. The average Bonchev–Trinajstić information content (AvgIpc) is 2.57. The van der Waals surface area contributed by atoms with Crippen molar-refractivity contribution < 1.29 is 0 Å². The maximum Gasteiger partial charge on any atom is 0.0965 e. The van der Waals surface area contributed by atoms with Gasteiger partial charge < -0.3 is 5.32 Å². The Morgan fingerprint density at radius 1 is 1.46 bits per heavy atom. The summed E-state index contributed by atoms with van der Waals surface area (Å²) in [5.74, 6) is 1.24. The van der Waals surface area contributed by atoms with Gasteiger partial charge in [0.15, 0.2) is 0 Å². The molecule has 0 aliphatic carbocycles. The van der Waals surface area contributed by atoms with E-state index >= 15 is 0 Å². The van der Waals surface area contributed by atoms with Gasteiger partial charge in [0.25, 0.3) is 0 Å². The molecule has 1 unspecified atom stereocenters. The summed E-state index contributed by atoms with van der Waals surface area (Å²) >= 11 is 0. The van der Waals surface area contributed by atoms with Crippen LogP contribution in [-0.4, -0.2) is 18.4 Å². The van der Waals surface area contributed by atoms with E-state index in [1.807, 2.05) is 0 Å². The van der Waals surface area contributed by atoms with E-state index in [0.29, 0.717) is 6.04 Å². The highest BCUT2D eigenvalue weighted by molar-refractivity contribution is 5.83. The van der Waals surface area contributed by atoms with Crippen LogP contribution in [0.5, 0.6) is 0 Å². The van der Waals surface area contributed by atoms with Gasteiger partial charge in [-0.15, -0.1) is 0 Å². The molecule has 1 heterocycles. The van der Waals surface area contributed by atoms with Gasteiger partial charge in [-0.25, -0.2) is 0 Å². The molecule has 1 aliphatic heterocycles. The first kappa shape index (κ1) is 10.6. The van der Waals surface area contributed by atoms with Crippen LogP contribution in [0.4, 0.5) is 0 Å². The highest BCUT2D eigenvalue weighted by atomic mass is 15.0. The molecule has 1 rings (SSSR count). The zero-order chi connectivity index (χ0) is 9.52. The molecule has 1 N–H and O–H groups in total. The molecule has 2 heteroatoms. The molecule has 0 aromatic heterocycles. The van der Waals surface area contributed by atoms with Crippen molar-refractivity contribution in [2.24, 2.45) is 4.99 Å². The van der Waals surface area contributed by atoms with Gasteiger partial charge in [0.1, 0.15) is 0 Å². The highest BCUT2D eigenvalue weighted by Crippen LogP contribution is 2.06. The Kier molecular flexibility index (Phi) is 4.87. The minimum absolute atomic E-state index is 0.614.